The SMILES string of the molecule is CCC(=O)N1CCC(NC(=NC)NCc2ccc(C(=O)N3CC(C)OC(C)C3)cc2)C1. The van der Waals surface area contributed by atoms with Crippen LogP contribution in [-0.2, 0) is 16.1 Å². The Bertz CT molecular complexity index is 785. The molecule has 0 bridgehead atoms. The van der Waals surface area contributed by atoms with Crippen LogP contribution in [0.4, 0.5) is 0 Å². The first-order chi connectivity index (χ1) is 14.9. The standard InChI is InChI=1S/C23H35N5O3/c1-5-21(29)27-11-10-20(15-27)26-23(24-4)25-12-18-6-8-19(9-7-18)22(30)28-13-16(2)31-17(3)14-28/h6-9,16-17,20H,5,10-15H2,1-4H3,(H2,24,25,26). The molecule has 2 N–H and O–H groups in total. The summed E-state index contributed by atoms with van der Waals surface area (Å²) in [5.74, 6) is 0.960. The number of amides is 2. The number of nitrogens with one attached hydrogen (secondary N) is 2. The first-order valence-electron chi connectivity index (χ1n) is 11.2. The van der Waals surface area contributed by atoms with Gasteiger partial charge in [-0.1, -0.05) is 19.1 Å². The molecule has 3 rings (SSSR count). The van der Waals surface area contributed by atoms with Crippen LogP contribution >= 0.6 is 0 Å². The van der Waals surface area contributed by atoms with Crippen molar-refractivity contribution >= 4 is 17.8 Å². The zero-order valence-corrected chi connectivity index (χ0v) is 19.1. The van der Waals surface area contributed by atoms with E-state index in [9.17, 15) is 9.59 Å². The van der Waals surface area contributed by atoms with Gasteiger partial charge in [-0.2, -0.15) is 0 Å². The van der Waals surface area contributed by atoms with Gasteiger partial charge in [0.15, 0.2) is 5.96 Å². The molecular formula is C23H35N5O3. The first-order valence-corrected chi connectivity index (χ1v) is 11.2. The maximum Gasteiger partial charge on any atom is 0.254 e. The van der Waals surface area contributed by atoms with Crippen LogP contribution in [0.1, 0.15) is 49.5 Å². The fourth-order valence-electron chi connectivity index (χ4n) is 4.19. The van der Waals surface area contributed by atoms with E-state index in [0.717, 1.165) is 18.5 Å². The number of ether oxygens (including phenoxy) is 1. The zero-order chi connectivity index (χ0) is 22.4. The maximum absolute atomic E-state index is 12.8. The Balaban J connectivity index is 1.49. The lowest BCUT2D eigenvalue weighted by Crippen LogP contribution is -2.48. The zero-order valence-electron chi connectivity index (χ0n) is 19.1. The summed E-state index contributed by atoms with van der Waals surface area (Å²) in [5, 5.41) is 6.72. The molecule has 3 atom stereocenters. The van der Waals surface area contributed by atoms with Crippen molar-refractivity contribution < 1.29 is 14.3 Å². The van der Waals surface area contributed by atoms with E-state index in [0.29, 0.717) is 44.1 Å². The molecule has 2 saturated heterocycles. The number of guanidine groups is 1. The van der Waals surface area contributed by atoms with Crippen molar-refractivity contribution in [3.8, 4) is 0 Å². The van der Waals surface area contributed by atoms with Crippen molar-refractivity contribution in [1.82, 2.24) is 20.4 Å². The third-order valence-electron chi connectivity index (χ3n) is 5.78. The second-order valence-corrected chi connectivity index (χ2v) is 8.41. The summed E-state index contributed by atoms with van der Waals surface area (Å²) < 4.78 is 5.72. The minimum atomic E-state index is 0.0476. The number of rotatable bonds is 5. The molecule has 31 heavy (non-hydrogen) atoms. The van der Waals surface area contributed by atoms with Gasteiger partial charge in [0.2, 0.25) is 5.91 Å². The Labute approximate surface area is 185 Å². The molecule has 8 heteroatoms. The van der Waals surface area contributed by atoms with E-state index in [1.165, 1.54) is 0 Å². The van der Waals surface area contributed by atoms with Crippen LogP contribution in [0.25, 0.3) is 0 Å². The molecule has 3 unspecified atom stereocenters. The van der Waals surface area contributed by atoms with Gasteiger partial charge in [0.05, 0.1) is 12.2 Å². The van der Waals surface area contributed by atoms with E-state index in [2.05, 4.69) is 15.6 Å². The number of carbonyl (C=O) groups is 2. The first kappa shape index (κ1) is 23.1. The van der Waals surface area contributed by atoms with E-state index < -0.39 is 0 Å². The Kier molecular flexibility index (Phi) is 7.90. The molecule has 2 aliphatic rings. The number of carbonyl (C=O) groups excluding carboxylic acids is 2. The Morgan fingerprint density at radius 1 is 1.10 bits per heavy atom. The van der Waals surface area contributed by atoms with Gasteiger partial charge < -0.3 is 25.2 Å². The molecule has 0 radical (unpaired) electrons. The number of likely N-dealkylation sites (tertiary alicyclic amines) is 1. The summed E-state index contributed by atoms with van der Waals surface area (Å²) in [6, 6.07) is 7.91. The smallest absolute Gasteiger partial charge is 0.254 e. The highest BCUT2D eigenvalue weighted by molar-refractivity contribution is 5.94. The molecule has 1 aromatic rings. The highest BCUT2D eigenvalue weighted by Crippen LogP contribution is 2.15. The topological polar surface area (TPSA) is 86.3 Å². The Morgan fingerprint density at radius 3 is 2.39 bits per heavy atom. The molecule has 1 aromatic carbocycles. The molecule has 2 aliphatic heterocycles. The molecule has 0 aliphatic carbocycles. The van der Waals surface area contributed by atoms with Crippen molar-refractivity contribution in [3.05, 3.63) is 35.4 Å². The number of nitrogens with zero attached hydrogens (tertiary/aromatic N) is 3. The Morgan fingerprint density at radius 2 is 1.77 bits per heavy atom. The summed E-state index contributed by atoms with van der Waals surface area (Å²) >= 11 is 0. The quantitative estimate of drug-likeness (QED) is 0.549. The van der Waals surface area contributed by atoms with Gasteiger partial charge >= 0.3 is 0 Å². The average Bonchev–Trinajstić information content (AvgIpc) is 3.23. The third kappa shape index (κ3) is 6.19. The molecular weight excluding hydrogens is 394 g/mol. The average molecular weight is 430 g/mol. The van der Waals surface area contributed by atoms with Gasteiger partial charge in [-0.15, -0.1) is 0 Å². The molecule has 2 heterocycles. The van der Waals surface area contributed by atoms with Crippen molar-refractivity contribution in [2.75, 3.05) is 33.2 Å². The van der Waals surface area contributed by atoms with Crippen LogP contribution in [0, 0.1) is 0 Å². The number of hydrogen-bond acceptors (Lipinski definition) is 4. The van der Waals surface area contributed by atoms with E-state index >= 15 is 0 Å². The second-order valence-electron chi connectivity index (χ2n) is 8.41. The van der Waals surface area contributed by atoms with Crippen molar-refractivity contribution in [2.24, 2.45) is 4.99 Å². The van der Waals surface area contributed by atoms with Crippen molar-refractivity contribution in [1.29, 1.82) is 0 Å². The van der Waals surface area contributed by atoms with Gasteiger partial charge in [-0.3, -0.25) is 14.6 Å². The minimum Gasteiger partial charge on any atom is -0.372 e. The van der Waals surface area contributed by atoms with Crippen LogP contribution < -0.4 is 10.6 Å². The lowest BCUT2D eigenvalue weighted by molar-refractivity contribution is -0.129. The molecule has 170 valence electrons. The van der Waals surface area contributed by atoms with Gasteiger partial charge in [0.25, 0.3) is 5.91 Å². The lowest BCUT2D eigenvalue weighted by atomic mass is 10.1. The number of benzene rings is 1. The minimum absolute atomic E-state index is 0.0476. The van der Waals surface area contributed by atoms with Crippen molar-refractivity contribution in [2.45, 2.75) is 58.4 Å². The van der Waals surface area contributed by atoms with Gasteiger partial charge in [0.1, 0.15) is 0 Å². The molecule has 2 amide bonds. The monoisotopic (exact) mass is 429 g/mol. The fourth-order valence-corrected chi connectivity index (χ4v) is 4.19. The predicted molar refractivity (Wildman–Crippen MR) is 121 cm³/mol. The highest BCUT2D eigenvalue weighted by atomic mass is 16.5. The number of hydrogen-bond donors (Lipinski definition) is 2. The second kappa shape index (κ2) is 10.6. The molecule has 8 nitrogen and oxygen atoms in total. The van der Waals surface area contributed by atoms with Crippen LogP contribution in [0.3, 0.4) is 0 Å². The van der Waals surface area contributed by atoms with Crippen LogP contribution in [0.15, 0.2) is 29.3 Å². The number of morpholine rings is 1. The maximum atomic E-state index is 12.8. The summed E-state index contributed by atoms with van der Waals surface area (Å²) in [4.78, 5) is 32.7. The summed E-state index contributed by atoms with van der Waals surface area (Å²) in [6.45, 7) is 9.23. The van der Waals surface area contributed by atoms with Crippen LogP contribution in [0.5, 0.6) is 0 Å². The largest absolute Gasteiger partial charge is 0.372 e. The van der Waals surface area contributed by atoms with E-state index in [4.69, 9.17) is 4.74 Å². The van der Waals surface area contributed by atoms with E-state index in [1.54, 1.807) is 7.05 Å². The molecule has 0 saturated carbocycles. The van der Waals surface area contributed by atoms with Crippen LogP contribution in [0.2, 0.25) is 0 Å². The molecule has 0 aromatic heterocycles. The van der Waals surface area contributed by atoms with Crippen LogP contribution in [-0.4, -0.2) is 79.1 Å². The molecule has 2 fully saturated rings. The van der Waals surface area contributed by atoms with E-state index in [-0.39, 0.29) is 30.1 Å². The van der Waals surface area contributed by atoms with Gasteiger partial charge in [-0.05, 0) is 38.0 Å². The summed E-state index contributed by atoms with van der Waals surface area (Å²) in [7, 11) is 1.74. The lowest BCUT2D eigenvalue weighted by Gasteiger charge is -2.35. The number of aliphatic imine (C=N–C) groups is 1. The van der Waals surface area contributed by atoms with E-state index in [1.807, 2.05) is 54.8 Å². The normalized spacial score (nSPS) is 24.3. The summed E-state index contributed by atoms with van der Waals surface area (Å²) in [5.41, 5.74) is 1.76. The molecule has 0 spiro atoms. The van der Waals surface area contributed by atoms with Crippen molar-refractivity contribution in [3.63, 3.8) is 0 Å². The third-order valence-corrected chi connectivity index (χ3v) is 5.78. The van der Waals surface area contributed by atoms with Gasteiger partial charge in [0, 0.05) is 57.8 Å². The Hall–Kier alpha value is -2.61. The predicted octanol–water partition coefficient (Wildman–Crippen LogP) is 1.61. The fraction of sp³-hybridized carbons (Fsp3) is 0.609. The summed E-state index contributed by atoms with van der Waals surface area (Å²) in [6.07, 6.45) is 1.58. The van der Waals surface area contributed by atoms with Gasteiger partial charge in [-0.25, -0.2) is 0 Å². The highest BCUT2D eigenvalue weighted by Gasteiger charge is 2.27.